The van der Waals surface area contributed by atoms with Crippen LogP contribution in [0.5, 0.6) is 0 Å². The molecule has 1 aliphatic carbocycles. The number of anilines is 1. The average Bonchev–Trinajstić information content (AvgIpc) is 3.58. The van der Waals surface area contributed by atoms with Crippen molar-refractivity contribution in [2.24, 2.45) is 5.92 Å². The molecule has 1 saturated heterocycles. The van der Waals surface area contributed by atoms with Crippen molar-refractivity contribution >= 4 is 16.7 Å². The van der Waals surface area contributed by atoms with Gasteiger partial charge in [-0.25, -0.2) is 4.21 Å². The number of rotatable bonds is 8. The molecule has 2 aliphatic heterocycles. The molecule has 2 heterocycles. The van der Waals surface area contributed by atoms with Gasteiger partial charge < -0.3 is 5.32 Å². The number of nitrogens with one attached hydrogen (secondary N) is 1. The fourth-order valence-electron chi connectivity index (χ4n) is 5.76. The molecule has 5 heteroatoms. The van der Waals surface area contributed by atoms with Gasteiger partial charge in [0.2, 0.25) is 0 Å². The summed E-state index contributed by atoms with van der Waals surface area (Å²) in [4.78, 5) is 3.48. The van der Waals surface area contributed by atoms with Crippen LogP contribution in [0, 0.1) is 5.92 Å². The zero-order valence-electron chi connectivity index (χ0n) is 20.3. The zero-order valence-corrected chi connectivity index (χ0v) is 21.1. The molecule has 0 amide bonds. The maximum atomic E-state index is 13.1. The Labute approximate surface area is 211 Å². The summed E-state index contributed by atoms with van der Waals surface area (Å²) in [6.07, 6.45) is 4.81. The number of likely N-dealkylation sites (tertiary alicyclic amines) is 1. The Kier molecular flexibility index (Phi) is 6.73. The Morgan fingerprint density at radius 3 is 2.40 bits per heavy atom. The number of benzene rings is 3. The van der Waals surface area contributed by atoms with Crippen LogP contribution in [0.4, 0.5) is 5.69 Å². The molecule has 0 aromatic heterocycles. The van der Waals surface area contributed by atoms with E-state index in [1.54, 1.807) is 0 Å². The van der Waals surface area contributed by atoms with E-state index in [9.17, 15) is 4.21 Å². The Bertz CT molecular complexity index is 1160. The predicted octanol–water partition coefficient (Wildman–Crippen LogP) is 5.13. The van der Waals surface area contributed by atoms with Gasteiger partial charge >= 0.3 is 0 Å². The van der Waals surface area contributed by atoms with Crippen LogP contribution < -0.4 is 9.62 Å². The van der Waals surface area contributed by atoms with Crippen LogP contribution in [0.15, 0.2) is 83.8 Å². The molecule has 2 fully saturated rings. The van der Waals surface area contributed by atoms with E-state index in [4.69, 9.17) is 0 Å². The SMILES string of the molecule is O=S(c1ccccc1)N1CCc2cc(C3CC3NCC3CCN(Cc4ccccc4)CC3)ccc21. The van der Waals surface area contributed by atoms with E-state index in [2.05, 4.69) is 63.1 Å². The summed E-state index contributed by atoms with van der Waals surface area (Å²) in [5.74, 6) is 1.43. The fourth-order valence-corrected chi connectivity index (χ4v) is 7.01. The molecule has 3 aromatic rings. The first-order valence-corrected chi connectivity index (χ1v) is 14.2. The molecule has 35 heavy (non-hydrogen) atoms. The quantitative estimate of drug-likeness (QED) is 0.481. The molecule has 4 nitrogen and oxygen atoms in total. The van der Waals surface area contributed by atoms with E-state index in [1.807, 2.05) is 30.3 Å². The van der Waals surface area contributed by atoms with Crippen molar-refractivity contribution in [2.45, 2.75) is 49.1 Å². The van der Waals surface area contributed by atoms with Gasteiger partial charge in [0.1, 0.15) is 0 Å². The van der Waals surface area contributed by atoms with E-state index < -0.39 is 11.0 Å². The maximum Gasteiger partial charge on any atom is 0.152 e. The number of hydrogen-bond acceptors (Lipinski definition) is 3. The monoisotopic (exact) mass is 485 g/mol. The lowest BCUT2D eigenvalue weighted by Gasteiger charge is -2.32. The molecule has 0 bridgehead atoms. The van der Waals surface area contributed by atoms with Gasteiger partial charge in [-0.3, -0.25) is 9.21 Å². The first-order valence-electron chi connectivity index (χ1n) is 13.1. The highest BCUT2D eigenvalue weighted by molar-refractivity contribution is 7.86. The van der Waals surface area contributed by atoms with Crippen LogP contribution in [-0.2, 0) is 24.0 Å². The van der Waals surface area contributed by atoms with E-state index in [0.29, 0.717) is 12.0 Å². The van der Waals surface area contributed by atoms with Crippen molar-refractivity contribution in [1.29, 1.82) is 0 Å². The van der Waals surface area contributed by atoms with E-state index >= 15 is 0 Å². The molecule has 3 aromatic carbocycles. The topological polar surface area (TPSA) is 35.6 Å². The first kappa shape index (κ1) is 23.0. The van der Waals surface area contributed by atoms with Crippen molar-refractivity contribution in [2.75, 3.05) is 30.5 Å². The Hall–Kier alpha value is -2.47. The van der Waals surface area contributed by atoms with Crippen molar-refractivity contribution in [1.82, 2.24) is 10.2 Å². The Balaban J connectivity index is 0.982. The van der Waals surface area contributed by atoms with Crippen LogP contribution in [0.1, 0.15) is 41.9 Å². The summed E-state index contributed by atoms with van der Waals surface area (Å²) < 4.78 is 15.1. The number of hydrogen-bond donors (Lipinski definition) is 1. The number of nitrogens with zero attached hydrogens (tertiary/aromatic N) is 2. The first-order chi connectivity index (χ1) is 17.2. The van der Waals surface area contributed by atoms with E-state index in [-0.39, 0.29) is 0 Å². The van der Waals surface area contributed by atoms with Gasteiger partial charge in [0.05, 0.1) is 10.6 Å². The Morgan fingerprint density at radius 2 is 1.63 bits per heavy atom. The third kappa shape index (κ3) is 5.23. The molecule has 1 N–H and O–H groups in total. The Morgan fingerprint density at radius 1 is 0.886 bits per heavy atom. The van der Waals surface area contributed by atoms with Crippen LogP contribution in [0.2, 0.25) is 0 Å². The molecular formula is C30H35N3OS. The van der Waals surface area contributed by atoms with E-state index in [1.165, 1.54) is 49.0 Å². The number of piperidine rings is 1. The third-order valence-electron chi connectivity index (χ3n) is 7.94. The maximum absolute atomic E-state index is 13.1. The summed E-state index contributed by atoms with van der Waals surface area (Å²) >= 11 is 0. The minimum Gasteiger partial charge on any atom is -0.313 e. The van der Waals surface area contributed by atoms with Gasteiger partial charge in [-0.2, -0.15) is 0 Å². The van der Waals surface area contributed by atoms with Crippen molar-refractivity contribution in [3.63, 3.8) is 0 Å². The van der Waals surface area contributed by atoms with Crippen LogP contribution >= 0.6 is 0 Å². The standard InChI is InChI=1S/C30H35N3OS/c34-35(27-9-5-2-6-10-27)33-18-15-26-19-25(11-12-30(26)33)28-20-29(28)31-21-23-13-16-32(17-14-23)22-24-7-3-1-4-8-24/h1-12,19,23,28-29,31H,13-18,20-22H2. The second-order valence-corrected chi connectivity index (χ2v) is 11.8. The second kappa shape index (κ2) is 10.3. The fraction of sp³-hybridized carbons (Fsp3) is 0.400. The van der Waals surface area contributed by atoms with Gasteiger partial charge in [-0.15, -0.1) is 0 Å². The van der Waals surface area contributed by atoms with Gasteiger partial charge in [0.25, 0.3) is 0 Å². The lowest BCUT2D eigenvalue weighted by atomic mass is 9.96. The van der Waals surface area contributed by atoms with Crippen LogP contribution in [-0.4, -0.2) is 41.3 Å². The third-order valence-corrected chi connectivity index (χ3v) is 9.40. The highest BCUT2D eigenvalue weighted by atomic mass is 32.2. The molecular weight excluding hydrogens is 450 g/mol. The average molecular weight is 486 g/mol. The molecule has 0 radical (unpaired) electrons. The van der Waals surface area contributed by atoms with Gasteiger partial charge in [-0.1, -0.05) is 60.7 Å². The summed E-state index contributed by atoms with van der Waals surface area (Å²) in [6.45, 7) is 5.48. The van der Waals surface area contributed by atoms with Crippen LogP contribution in [0.3, 0.4) is 0 Å². The number of fused-ring (bicyclic) bond motifs is 1. The van der Waals surface area contributed by atoms with Crippen molar-refractivity contribution in [3.8, 4) is 0 Å². The lowest BCUT2D eigenvalue weighted by Crippen LogP contribution is -2.37. The molecule has 182 valence electrons. The molecule has 1 saturated carbocycles. The summed E-state index contributed by atoms with van der Waals surface area (Å²) in [5, 5.41) is 3.88. The highest BCUT2D eigenvalue weighted by Crippen LogP contribution is 2.43. The van der Waals surface area contributed by atoms with Crippen molar-refractivity contribution in [3.05, 3.63) is 95.6 Å². The smallest absolute Gasteiger partial charge is 0.152 e. The lowest BCUT2D eigenvalue weighted by molar-refractivity contribution is 0.175. The minimum absolute atomic E-state index is 0.617. The van der Waals surface area contributed by atoms with Crippen LogP contribution in [0.25, 0.3) is 0 Å². The van der Waals surface area contributed by atoms with E-state index in [0.717, 1.165) is 42.6 Å². The summed E-state index contributed by atoms with van der Waals surface area (Å²) in [5.41, 5.74) is 5.37. The van der Waals surface area contributed by atoms with Gasteiger partial charge in [0.15, 0.2) is 11.0 Å². The minimum atomic E-state index is -1.13. The van der Waals surface area contributed by atoms with Gasteiger partial charge in [0, 0.05) is 25.0 Å². The molecule has 6 rings (SSSR count). The zero-order chi connectivity index (χ0) is 23.6. The second-order valence-electron chi connectivity index (χ2n) is 10.4. The highest BCUT2D eigenvalue weighted by Gasteiger charge is 2.39. The molecule has 0 spiro atoms. The normalized spacial score (nSPS) is 23.3. The summed E-state index contributed by atoms with van der Waals surface area (Å²) in [7, 11) is -1.13. The molecule has 3 unspecified atom stereocenters. The predicted molar refractivity (Wildman–Crippen MR) is 144 cm³/mol. The largest absolute Gasteiger partial charge is 0.313 e. The van der Waals surface area contributed by atoms with Crippen molar-refractivity contribution < 1.29 is 4.21 Å². The summed E-state index contributed by atoms with van der Waals surface area (Å²) in [6, 6.07) is 28.1. The molecule has 3 atom stereocenters. The molecule has 3 aliphatic rings. The van der Waals surface area contributed by atoms with Gasteiger partial charge in [-0.05, 0) is 86.1 Å².